The van der Waals surface area contributed by atoms with Crippen LogP contribution in [-0.2, 0) is 4.57 Å². The highest BCUT2D eigenvalue weighted by Gasteiger charge is 2.37. The van der Waals surface area contributed by atoms with E-state index in [2.05, 4.69) is 152 Å². The number of hydrogen-bond donors (Lipinski definition) is 0. The minimum atomic E-state index is -2.84. The molecule has 1 aliphatic rings. The van der Waals surface area contributed by atoms with Gasteiger partial charge in [-0.1, -0.05) is 182 Å². The van der Waals surface area contributed by atoms with E-state index >= 15 is 0 Å². The van der Waals surface area contributed by atoms with Crippen molar-refractivity contribution in [2.75, 3.05) is 6.66 Å². The van der Waals surface area contributed by atoms with Crippen LogP contribution < -0.4 is 10.6 Å². The number of hydrogen-bond acceptors (Lipinski definition) is 3. The predicted molar refractivity (Wildman–Crippen MR) is 230 cm³/mol. The van der Waals surface area contributed by atoms with Crippen molar-refractivity contribution in [2.45, 2.75) is 0 Å². The lowest BCUT2D eigenvalue weighted by molar-refractivity contribution is 0.591. The molecule has 4 heteroatoms. The van der Waals surface area contributed by atoms with Crippen LogP contribution in [0.5, 0.6) is 0 Å². The van der Waals surface area contributed by atoms with E-state index < -0.39 is 7.14 Å². The molecular formula is C51H35N2OP. The van der Waals surface area contributed by atoms with Gasteiger partial charge < -0.3 is 4.57 Å². The first-order chi connectivity index (χ1) is 27.0. The van der Waals surface area contributed by atoms with Gasteiger partial charge >= 0.3 is 0 Å². The van der Waals surface area contributed by atoms with Crippen molar-refractivity contribution in [1.82, 2.24) is 9.97 Å². The van der Waals surface area contributed by atoms with Crippen LogP contribution in [0.4, 0.5) is 0 Å². The van der Waals surface area contributed by atoms with Crippen LogP contribution >= 0.6 is 7.14 Å². The number of nitrogens with zero attached hydrogens (tertiary/aromatic N) is 2. The van der Waals surface area contributed by atoms with Crippen molar-refractivity contribution < 1.29 is 4.57 Å². The third kappa shape index (κ3) is 5.73. The normalized spacial score (nSPS) is 14.4. The molecule has 0 aliphatic carbocycles. The molecule has 0 saturated heterocycles. The van der Waals surface area contributed by atoms with Crippen LogP contribution in [0.25, 0.3) is 89.2 Å². The van der Waals surface area contributed by atoms with Crippen molar-refractivity contribution in [3.63, 3.8) is 0 Å². The maximum Gasteiger partial charge on any atom is 0.160 e. The zero-order valence-electron chi connectivity index (χ0n) is 30.2. The average Bonchev–Trinajstić information content (AvgIpc) is 3.50. The summed E-state index contributed by atoms with van der Waals surface area (Å²) in [5, 5.41) is 4.20. The van der Waals surface area contributed by atoms with Crippen molar-refractivity contribution in [1.29, 1.82) is 0 Å². The van der Waals surface area contributed by atoms with E-state index in [9.17, 15) is 4.57 Å². The minimum absolute atomic E-state index is 0.682. The summed E-state index contributed by atoms with van der Waals surface area (Å²) < 4.78 is 14.7. The minimum Gasteiger partial charge on any atom is -0.314 e. The molecule has 1 aromatic heterocycles. The van der Waals surface area contributed by atoms with Gasteiger partial charge in [0.05, 0.1) is 11.4 Å². The summed E-state index contributed by atoms with van der Waals surface area (Å²) in [6, 6.07) is 67.4. The Morgan fingerprint density at radius 2 is 0.964 bits per heavy atom. The van der Waals surface area contributed by atoms with Crippen LogP contribution in [0.2, 0.25) is 0 Å². The van der Waals surface area contributed by atoms with Crippen molar-refractivity contribution in [2.24, 2.45) is 0 Å². The van der Waals surface area contributed by atoms with Crippen LogP contribution in [-0.4, -0.2) is 16.6 Å². The summed E-state index contributed by atoms with van der Waals surface area (Å²) in [5.74, 6) is 0.682. The Morgan fingerprint density at radius 1 is 0.400 bits per heavy atom. The molecule has 8 aromatic carbocycles. The summed E-state index contributed by atoms with van der Waals surface area (Å²) in [6.07, 6.45) is 0. The second-order valence-corrected chi connectivity index (χ2v) is 17.0. The average molecular weight is 723 g/mol. The van der Waals surface area contributed by atoms with E-state index in [4.69, 9.17) is 9.97 Å². The van der Waals surface area contributed by atoms with Gasteiger partial charge in [0.25, 0.3) is 0 Å². The molecule has 1 aliphatic heterocycles. The molecule has 0 N–H and O–H groups in total. The van der Waals surface area contributed by atoms with E-state index in [0.717, 1.165) is 94.0 Å². The van der Waals surface area contributed by atoms with Gasteiger partial charge in [-0.15, -0.1) is 0 Å². The Kier molecular flexibility index (Phi) is 7.98. The fourth-order valence-electron chi connectivity index (χ4n) is 8.19. The molecule has 0 bridgehead atoms. The molecule has 1 unspecified atom stereocenters. The zero-order chi connectivity index (χ0) is 36.9. The highest BCUT2D eigenvalue weighted by Crippen LogP contribution is 2.53. The van der Waals surface area contributed by atoms with Crippen LogP contribution in [0.15, 0.2) is 194 Å². The summed E-state index contributed by atoms with van der Waals surface area (Å²) in [7, 11) is -2.84. The number of rotatable bonds is 6. The van der Waals surface area contributed by atoms with Crippen molar-refractivity contribution >= 4 is 28.5 Å². The van der Waals surface area contributed by atoms with Gasteiger partial charge in [-0.05, 0) is 74.1 Å². The molecular weight excluding hydrogens is 688 g/mol. The molecule has 0 amide bonds. The zero-order valence-corrected chi connectivity index (χ0v) is 31.1. The molecule has 0 saturated carbocycles. The van der Waals surface area contributed by atoms with Gasteiger partial charge in [0.1, 0.15) is 7.14 Å². The molecule has 10 rings (SSSR count). The topological polar surface area (TPSA) is 42.9 Å². The maximum absolute atomic E-state index is 14.7. The highest BCUT2D eigenvalue weighted by atomic mass is 31.2. The molecule has 3 nitrogen and oxygen atoms in total. The lowest BCUT2D eigenvalue weighted by Crippen LogP contribution is -2.11. The third-order valence-electron chi connectivity index (χ3n) is 10.8. The molecule has 260 valence electrons. The SMILES string of the molecule is CP1(=O)c2ccccc2-c2cccc(-c3ccc4ccccc4c3-c3ccc(-c4cc(-c5cccc(-c6ccccc6)c5)nc(-c5ccccc5)n4)cc3)c21. The van der Waals surface area contributed by atoms with Gasteiger partial charge in [0, 0.05) is 27.3 Å². The predicted octanol–water partition coefficient (Wildman–Crippen LogP) is 12.6. The second-order valence-electron chi connectivity index (χ2n) is 14.2. The molecule has 1 atom stereocenters. The Morgan fingerprint density at radius 3 is 1.75 bits per heavy atom. The summed E-state index contributed by atoms with van der Waals surface area (Å²) in [5.41, 5.74) is 13.5. The Bertz CT molecular complexity index is 2960. The van der Waals surface area contributed by atoms with Gasteiger partial charge in [0.2, 0.25) is 0 Å². The molecule has 0 spiro atoms. The first-order valence-electron chi connectivity index (χ1n) is 18.6. The first-order valence-corrected chi connectivity index (χ1v) is 20.7. The Hall–Kier alpha value is -6.67. The smallest absolute Gasteiger partial charge is 0.160 e. The van der Waals surface area contributed by atoms with E-state index in [1.165, 1.54) is 0 Å². The van der Waals surface area contributed by atoms with Crippen molar-refractivity contribution in [3.8, 4) is 78.4 Å². The number of aromatic nitrogens is 2. The van der Waals surface area contributed by atoms with E-state index in [1.807, 2.05) is 49.1 Å². The monoisotopic (exact) mass is 722 g/mol. The summed E-state index contributed by atoms with van der Waals surface area (Å²) in [6.45, 7) is 1.92. The van der Waals surface area contributed by atoms with Crippen LogP contribution in [0.1, 0.15) is 0 Å². The maximum atomic E-state index is 14.7. The van der Waals surface area contributed by atoms with Crippen molar-refractivity contribution in [3.05, 3.63) is 194 Å². The fraction of sp³-hybridized carbons (Fsp3) is 0.0196. The Balaban J connectivity index is 1.11. The van der Waals surface area contributed by atoms with Crippen LogP contribution in [0, 0.1) is 0 Å². The van der Waals surface area contributed by atoms with Gasteiger partial charge in [-0.3, -0.25) is 0 Å². The second kappa shape index (κ2) is 13.3. The summed E-state index contributed by atoms with van der Waals surface area (Å²) >= 11 is 0. The van der Waals surface area contributed by atoms with Crippen LogP contribution in [0.3, 0.4) is 0 Å². The largest absolute Gasteiger partial charge is 0.314 e. The van der Waals surface area contributed by atoms with Gasteiger partial charge in [-0.2, -0.15) is 0 Å². The highest BCUT2D eigenvalue weighted by molar-refractivity contribution is 7.79. The quantitative estimate of drug-likeness (QED) is 0.161. The molecule has 2 heterocycles. The molecule has 0 fully saturated rings. The van der Waals surface area contributed by atoms with E-state index in [-0.39, 0.29) is 0 Å². The lowest BCUT2D eigenvalue weighted by Gasteiger charge is -2.19. The number of fused-ring (bicyclic) bond motifs is 4. The molecule has 0 radical (unpaired) electrons. The summed E-state index contributed by atoms with van der Waals surface area (Å²) in [4.78, 5) is 10.2. The standard InChI is InChI=1S/C51H35N2OP/c1-55(54)48-25-11-10-22-42(48)44-23-13-24-45(50(44)55)43-31-30-35-16-8-9-21-41(35)49(43)37-28-26-36(27-29-37)46-33-47(53-51(52-46)38-17-6-3-7-18-38)40-20-12-19-39(32-40)34-14-4-2-5-15-34/h2-33H,1H3. The third-order valence-corrected chi connectivity index (χ3v) is 13.5. The Labute approximate surface area is 321 Å². The van der Waals surface area contributed by atoms with Gasteiger partial charge in [0.15, 0.2) is 5.82 Å². The molecule has 55 heavy (non-hydrogen) atoms. The lowest BCUT2D eigenvalue weighted by atomic mass is 9.88. The van der Waals surface area contributed by atoms with E-state index in [1.54, 1.807) is 0 Å². The van der Waals surface area contributed by atoms with Gasteiger partial charge in [-0.25, -0.2) is 9.97 Å². The van der Waals surface area contributed by atoms with E-state index in [0.29, 0.717) is 5.82 Å². The number of benzene rings is 8. The molecule has 9 aromatic rings. The first kappa shape index (κ1) is 32.9. The fourth-order valence-corrected chi connectivity index (χ4v) is 10.8.